The van der Waals surface area contributed by atoms with Crippen LogP contribution in [0.2, 0.25) is 0 Å². The van der Waals surface area contributed by atoms with Crippen LogP contribution in [0.15, 0.2) is 66.7 Å². The maximum absolute atomic E-state index is 12.6. The first-order chi connectivity index (χ1) is 19.1. The van der Waals surface area contributed by atoms with Gasteiger partial charge in [-0.1, -0.05) is 18.2 Å². The SMILES string of the molecule is CCOc1cc(C=C(C#N)c2nc3ccccc3[nH]2)ccc1OCC(=O)Nc1ccc(N2CCOCC2)cc1. The van der Waals surface area contributed by atoms with E-state index in [1.54, 1.807) is 24.3 Å². The highest BCUT2D eigenvalue weighted by Crippen LogP contribution is 2.30. The monoisotopic (exact) mass is 523 g/mol. The highest BCUT2D eigenvalue weighted by atomic mass is 16.5. The molecule has 0 radical (unpaired) electrons. The van der Waals surface area contributed by atoms with E-state index in [1.165, 1.54) is 0 Å². The van der Waals surface area contributed by atoms with Gasteiger partial charge in [0.2, 0.25) is 0 Å². The lowest BCUT2D eigenvalue weighted by Gasteiger charge is -2.28. The molecular formula is C30H29N5O4. The molecule has 0 saturated carbocycles. The Morgan fingerprint density at radius 1 is 1.10 bits per heavy atom. The molecule has 0 bridgehead atoms. The third-order valence-corrected chi connectivity index (χ3v) is 6.23. The fraction of sp³-hybridized carbons (Fsp3) is 0.233. The van der Waals surface area contributed by atoms with Gasteiger partial charge in [-0.25, -0.2) is 4.98 Å². The molecule has 2 N–H and O–H groups in total. The molecule has 1 amide bonds. The van der Waals surface area contributed by atoms with Gasteiger partial charge in [-0.2, -0.15) is 5.26 Å². The molecule has 1 fully saturated rings. The minimum Gasteiger partial charge on any atom is -0.490 e. The number of allylic oxidation sites excluding steroid dienone is 1. The van der Waals surface area contributed by atoms with Gasteiger partial charge < -0.3 is 29.4 Å². The number of imidazole rings is 1. The summed E-state index contributed by atoms with van der Waals surface area (Å²) in [5, 5.41) is 12.6. The number of anilines is 2. The maximum Gasteiger partial charge on any atom is 0.262 e. The van der Waals surface area contributed by atoms with Gasteiger partial charge in [0, 0.05) is 24.5 Å². The number of nitriles is 1. The number of morpholine rings is 1. The summed E-state index contributed by atoms with van der Waals surface area (Å²) in [6.45, 7) is 5.26. The molecule has 3 aromatic carbocycles. The van der Waals surface area contributed by atoms with Crippen LogP contribution in [0.1, 0.15) is 18.3 Å². The van der Waals surface area contributed by atoms with Crippen LogP contribution in [0, 0.1) is 11.3 Å². The number of fused-ring (bicyclic) bond motifs is 1. The Bertz CT molecular complexity index is 1480. The summed E-state index contributed by atoms with van der Waals surface area (Å²) in [4.78, 5) is 22.5. The normalized spacial score (nSPS) is 13.6. The Hall–Kier alpha value is -4.81. The van der Waals surface area contributed by atoms with E-state index in [2.05, 4.69) is 26.3 Å². The van der Waals surface area contributed by atoms with E-state index >= 15 is 0 Å². The third kappa shape index (κ3) is 6.37. The van der Waals surface area contributed by atoms with E-state index in [4.69, 9.17) is 14.2 Å². The minimum atomic E-state index is -0.280. The molecule has 1 aromatic heterocycles. The zero-order valence-corrected chi connectivity index (χ0v) is 21.6. The number of carbonyl (C=O) groups excluding carboxylic acids is 1. The van der Waals surface area contributed by atoms with Crippen LogP contribution >= 0.6 is 0 Å². The Morgan fingerprint density at radius 3 is 2.64 bits per heavy atom. The van der Waals surface area contributed by atoms with Crippen molar-refractivity contribution in [3.63, 3.8) is 0 Å². The summed E-state index contributed by atoms with van der Waals surface area (Å²) in [6.07, 6.45) is 1.73. The first-order valence-electron chi connectivity index (χ1n) is 12.8. The summed E-state index contributed by atoms with van der Waals surface area (Å²) in [5.74, 6) is 1.13. The second kappa shape index (κ2) is 12.2. The molecular weight excluding hydrogens is 494 g/mol. The van der Waals surface area contributed by atoms with E-state index in [0.717, 1.165) is 48.6 Å². The maximum atomic E-state index is 12.6. The predicted molar refractivity (Wildman–Crippen MR) is 151 cm³/mol. The second-order valence-corrected chi connectivity index (χ2v) is 8.89. The van der Waals surface area contributed by atoms with Crippen LogP contribution in [-0.4, -0.2) is 55.4 Å². The van der Waals surface area contributed by atoms with Gasteiger partial charge in [-0.05, 0) is 67.1 Å². The van der Waals surface area contributed by atoms with E-state index in [0.29, 0.717) is 35.2 Å². The lowest BCUT2D eigenvalue weighted by Crippen LogP contribution is -2.36. The van der Waals surface area contributed by atoms with Crippen LogP contribution in [0.4, 0.5) is 11.4 Å². The quantitative estimate of drug-likeness (QED) is 0.301. The van der Waals surface area contributed by atoms with Crippen molar-refractivity contribution in [3.05, 3.63) is 78.1 Å². The number of hydrogen-bond donors (Lipinski definition) is 2. The third-order valence-electron chi connectivity index (χ3n) is 6.23. The van der Waals surface area contributed by atoms with Crippen LogP contribution in [0.3, 0.4) is 0 Å². The van der Waals surface area contributed by atoms with Crippen molar-refractivity contribution in [1.82, 2.24) is 9.97 Å². The van der Waals surface area contributed by atoms with E-state index in [9.17, 15) is 10.1 Å². The van der Waals surface area contributed by atoms with Gasteiger partial charge in [-0.15, -0.1) is 0 Å². The number of H-pyrrole nitrogens is 1. The predicted octanol–water partition coefficient (Wildman–Crippen LogP) is 4.88. The lowest BCUT2D eigenvalue weighted by atomic mass is 10.1. The van der Waals surface area contributed by atoms with Crippen molar-refractivity contribution in [1.29, 1.82) is 5.26 Å². The van der Waals surface area contributed by atoms with Crippen molar-refractivity contribution in [2.45, 2.75) is 6.92 Å². The summed E-state index contributed by atoms with van der Waals surface area (Å²) >= 11 is 0. The molecule has 39 heavy (non-hydrogen) atoms. The number of aromatic nitrogens is 2. The number of para-hydroxylation sites is 2. The highest BCUT2D eigenvalue weighted by molar-refractivity contribution is 5.92. The fourth-order valence-corrected chi connectivity index (χ4v) is 4.32. The number of nitrogens with zero attached hydrogens (tertiary/aromatic N) is 3. The van der Waals surface area contributed by atoms with Crippen LogP contribution in [0.5, 0.6) is 11.5 Å². The number of aromatic amines is 1. The highest BCUT2D eigenvalue weighted by Gasteiger charge is 2.13. The zero-order valence-electron chi connectivity index (χ0n) is 21.6. The summed E-state index contributed by atoms with van der Waals surface area (Å²) in [5.41, 5.74) is 4.58. The molecule has 198 valence electrons. The van der Waals surface area contributed by atoms with Gasteiger partial charge in [0.1, 0.15) is 11.9 Å². The van der Waals surface area contributed by atoms with Gasteiger partial charge in [0.05, 0.1) is 36.4 Å². The molecule has 9 heteroatoms. The molecule has 0 atom stereocenters. The lowest BCUT2D eigenvalue weighted by molar-refractivity contribution is -0.118. The van der Waals surface area contributed by atoms with Crippen molar-refractivity contribution in [2.75, 3.05) is 49.7 Å². The molecule has 1 aliphatic rings. The number of ether oxygens (including phenoxy) is 3. The van der Waals surface area contributed by atoms with Crippen LogP contribution < -0.4 is 19.7 Å². The Balaban J connectivity index is 1.24. The van der Waals surface area contributed by atoms with Gasteiger partial charge in [0.25, 0.3) is 5.91 Å². The molecule has 0 spiro atoms. The molecule has 0 aliphatic carbocycles. The molecule has 9 nitrogen and oxygen atoms in total. The smallest absolute Gasteiger partial charge is 0.262 e. The summed E-state index contributed by atoms with van der Waals surface area (Å²) in [6, 6.07) is 22.9. The standard InChI is InChI=1S/C30H29N5O4/c1-2-38-28-18-21(17-22(19-31)30-33-25-5-3-4-6-26(25)34-30)7-12-27(28)39-20-29(36)32-23-8-10-24(11-9-23)35-13-15-37-16-14-35/h3-12,17-18H,2,13-16,20H2,1H3,(H,32,36)(H,33,34). The number of nitrogens with one attached hydrogen (secondary N) is 2. The average Bonchev–Trinajstić information content (AvgIpc) is 3.41. The fourth-order valence-electron chi connectivity index (χ4n) is 4.32. The van der Waals surface area contributed by atoms with Crippen molar-refractivity contribution < 1.29 is 19.0 Å². The molecule has 5 rings (SSSR count). The Kier molecular flexibility index (Phi) is 8.05. The number of carbonyl (C=O) groups is 1. The van der Waals surface area contributed by atoms with Gasteiger partial charge in [0.15, 0.2) is 18.1 Å². The number of hydrogen-bond acceptors (Lipinski definition) is 7. The molecule has 1 saturated heterocycles. The first-order valence-corrected chi connectivity index (χ1v) is 12.8. The molecule has 4 aromatic rings. The number of rotatable bonds is 9. The van der Waals surface area contributed by atoms with Crippen molar-refractivity contribution in [2.24, 2.45) is 0 Å². The number of benzene rings is 3. The summed E-state index contributed by atoms with van der Waals surface area (Å²) < 4.78 is 17.0. The van der Waals surface area contributed by atoms with Crippen molar-refractivity contribution in [3.8, 4) is 17.6 Å². The molecule has 0 unspecified atom stereocenters. The van der Waals surface area contributed by atoms with Gasteiger partial charge in [-0.3, -0.25) is 4.79 Å². The zero-order chi connectivity index (χ0) is 27.0. The van der Waals surface area contributed by atoms with Crippen LogP contribution in [0.25, 0.3) is 22.7 Å². The minimum absolute atomic E-state index is 0.178. The summed E-state index contributed by atoms with van der Waals surface area (Å²) in [7, 11) is 0. The van der Waals surface area contributed by atoms with Gasteiger partial charge >= 0.3 is 0 Å². The Labute approximate surface area is 226 Å². The molecule has 1 aliphatic heterocycles. The Morgan fingerprint density at radius 2 is 1.90 bits per heavy atom. The largest absolute Gasteiger partial charge is 0.490 e. The topological polar surface area (TPSA) is 112 Å². The van der Waals surface area contributed by atoms with Crippen molar-refractivity contribution >= 4 is 40.0 Å². The average molecular weight is 524 g/mol. The van der Waals surface area contributed by atoms with E-state index in [-0.39, 0.29) is 12.5 Å². The van der Waals surface area contributed by atoms with E-state index < -0.39 is 0 Å². The van der Waals surface area contributed by atoms with E-state index in [1.807, 2.05) is 55.5 Å². The molecule has 2 heterocycles. The number of amides is 1. The first kappa shape index (κ1) is 25.8. The second-order valence-electron chi connectivity index (χ2n) is 8.89. The van der Waals surface area contributed by atoms with Crippen LogP contribution in [-0.2, 0) is 9.53 Å².